The fourth-order valence-corrected chi connectivity index (χ4v) is 0.713. The van der Waals surface area contributed by atoms with E-state index in [0.717, 1.165) is 22.3 Å². The zero-order valence-electron chi connectivity index (χ0n) is 13.4. The summed E-state index contributed by atoms with van der Waals surface area (Å²) in [6.07, 6.45) is 0. The standard InChI is InChI=1S/C14H16.C6H6.CH4/c1-11(2)7-9-13(5)14(6)10-8-12(3)4;1-3-5-6-4-2;/h1,3H2,2,4-6H3;1-2H3;1H4/b14-13+;;. The summed E-state index contributed by atoms with van der Waals surface area (Å²) < 4.78 is 0. The lowest BCUT2D eigenvalue weighted by atomic mass is 10.1. The molecule has 0 N–H and O–H groups in total. The van der Waals surface area contributed by atoms with E-state index in [-0.39, 0.29) is 7.43 Å². The van der Waals surface area contributed by atoms with Gasteiger partial charge in [-0.1, -0.05) is 56.1 Å². The topological polar surface area (TPSA) is 0 Å². The van der Waals surface area contributed by atoms with E-state index in [4.69, 9.17) is 0 Å². The van der Waals surface area contributed by atoms with Crippen LogP contribution in [0.4, 0.5) is 0 Å². The first-order chi connectivity index (χ1) is 9.34. The molecule has 110 valence electrons. The van der Waals surface area contributed by atoms with E-state index >= 15 is 0 Å². The third-order valence-electron chi connectivity index (χ3n) is 1.80. The molecule has 0 amide bonds. The molecule has 0 spiro atoms. The van der Waals surface area contributed by atoms with Crippen LogP contribution in [0.3, 0.4) is 0 Å². The fourth-order valence-electron chi connectivity index (χ4n) is 0.713. The molecule has 0 atom stereocenters. The Balaban J connectivity index is -0.000000394. The highest BCUT2D eigenvalue weighted by Crippen LogP contribution is 2.01. The lowest BCUT2D eigenvalue weighted by Crippen LogP contribution is -1.78. The van der Waals surface area contributed by atoms with Crippen molar-refractivity contribution in [3.05, 3.63) is 35.5 Å². The van der Waals surface area contributed by atoms with Gasteiger partial charge in [0, 0.05) is 11.1 Å². The van der Waals surface area contributed by atoms with Crippen molar-refractivity contribution in [3.8, 4) is 47.4 Å². The molecule has 0 aliphatic carbocycles. The van der Waals surface area contributed by atoms with Gasteiger partial charge in [-0.15, -0.1) is 0 Å². The Hall–Kier alpha value is -2.54. The second-order valence-electron chi connectivity index (χ2n) is 4.06. The Labute approximate surface area is 132 Å². The number of allylic oxidation sites excluding steroid dienone is 4. The lowest BCUT2D eigenvalue weighted by molar-refractivity contribution is 1.43. The molecule has 0 nitrogen and oxygen atoms in total. The summed E-state index contributed by atoms with van der Waals surface area (Å²) in [5.74, 6) is 22.3. The molecular weight excluding hydrogens is 252 g/mol. The quantitative estimate of drug-likeness (QED) is 0.537. The summed E-state index contributed by atoms with van der Waals surface area (Å²) in [5.41, 5.74) is 3.71. The molecule has 0 rings (SSSR count). The molecule has 21 heavy (non-hydrogen) atoms. The second kappa shape index (κ2) is 15.5. The van der Waals surface area contributed by atoms with Crippen molar-refractivity contribution >= 4 is 0 Å². The molecular formula is C21H26. The van der Waals surface area contributed by atoms with E-state index in [1.165, 1.54) is 0 Å². The molecule has 0 aliphatic heterocycles. The third-order valence-corrected chi connectivity index (χ3v) is 1.80. The first kappa shape index (κ1) is 23.5. The Morgan fingerprint density at radius 3 is 1.10 bits per heavy atom. The van der Waals surface area contributed by atoms with Crippen LogP contribution in [0.25, 0.3) is 0 Å². The van der Waals surface area contributed by atoms with Gasteiger partial charge < -0.3 is 0 Å². The molecule has 0 fully saturated rings. The molecule has 0 bridgehead atoms. The summed E-state index contributed by atoms with van der Waals surface area (Å²) in [7, 11) is 0. The molecule has 0 heteroatoms. The summed E-state index contributed by atoms with van der Waals surface area (Å²) in [4.78, 5) is 0. The molecule has 0 saturated carbocycles. The normalized spacial score (nSPS) is 7.71. The van der Waals surface area contributed by atoms with Crippen LogP contribution in [0.1, 0.15) is 49.0 Å². The van der Waals surface area contributed by atoms with Crippen LogP contribution in [0.5, 0.6) is 0 Å². The number of hydrogen-bond donors (Lipinski definition) is 0. The number of rotatable bonds is 0. The van der Waals surface area contributed by atoms with Gasteiger partial charge >= 0.3 is 0 Å². The smallest absolute Gasteiger partial charge is 0.0106 e. The van der Waals surface area contributed by atoms with E-state index in [1.54, 1.807) is 13.8 Å². The van der Waals surface area contributed by atoms with Gasteiger partial charge in [-0.25, -0.2) is 0 Å². The van der Waals surface area contributed by atoms with Gasteiger partial charge in [0.1, 0.15) is 0 Å². The Morgan fingerprint density at radius 2 is 0.905 bits per heavy atom. The molecule has 0 aromatic carbocycles. The van der Waals surface area contributed by atoms with E-state index in [2.05, 4.69) is 60.5 Å². The average Bonchev–Trinajstić information content (AvgIpc) is 2.40. The maximum absolute atomic E-state index is 3.71. The van der Waals surface area contributed by atoms with Gasteiger partial charge in [0.15, 0.2) is 0 Å². The van der Waals surface area contributed by atoms with Crippen LogP contribution in [0.15, 0.2) is 35.5 Å². The highest BCUT2D eigenvalue weighted by Gasteiger charge is 1.87. The highest BCUT2D eigenvalue weighted by atomic mass is 13.9. The largest absolute Gasteiger partial charge is 0.0925 e. The van der Waals surface area contributed by atoms with Crippen molar-refractivity contribution < 1.29 is 0 Å². The SMILES string of the molecule is C.C=C(C)C#C/C(C)=C(\C)C#CC(=C)C.CC#CC#CC. The van der Waals surface area contributed by atoms with Gasteiger partial charge in [0.25, 0.3) is 0 Å². The predicted octanol–water partition coefficient (Wildman–Crippen LogP) is 5.15. The van der Waals surface area contributed by atoms with Crippen molar-refractivity contribution in [2.45, 2.75) is 49.0 Å². The second-order valence-corrected chi connectivity index (χ2v) is 4.06. The van der Waals surface area contributed by atoms with Gasteiger partial charge in [-0.05, 0) is 64.5 Å². The first-order valence-corrected chi connectivity index (χ1v) is 6.21. The summed E-state index contributed by atoms with van der Waals surface area (Å²) >= 11 is 0. The van der Waals surface area contributed by atoms with E-state index in [0.29, 0.717) is 0 Å². The first-order valence-electron chi connectivity index (χ1n) is 6.21. The Morgan fingerprint density at radius 1 is 0.619 bits per heavy atom. The Kier molecular flexibility index (Phi) is 17.4. The van der Waals surface area contributed by atoms with Gasteiger partial charge in [0.2, 0.25) is 0 Å². The molecule has 0 aromatic rings. The van der Waals surface area contributed by atoms with E-state index in [9.17, 15) is 0 Å². The molecule has 0 radical (unpaired) electrons. The summed E-state index contributed by atoms with van der Waals surface area (Å²) in [6.45, 7) is 18.6. The minimum absolute atomic E-state index is 0. The average molecular weight is 278 g/mol. The van der Waals surface area contributed by atoms with Gasteiger partial charge in [0.05, 0.1) is 0 Å². The maximum Gasteiger partial charge on any atom is 0.0106 e. The van der Waals surface area contributed by atoms with Crippen LogP contribution in [-0.2, 0) is 0 Å². The van der Waals surface area contributed by atoms with Crippen molar-refractivity contribution in [2.75, 3.05) is 0 Å². The Bertz CT molecular complexity index is 563. The number of hydrogen-bond acceptors (Lipinski definition) is 0. The van der Waals surface area contributed by atoms with Crippen LogP contribution >= 0.6 is 0 Å². The third kappa shape index (κ3) is 20.0. The van der Waals surface area contributed by atoms with Crippen LogP contribution < -0.4 is 0 Å². The highest BCUT2D eigenvalue weighted by molar-refractivity contribution is 5.45. The molecule has 0 heterocycles. The monoisotopic (exact) mass is 278 g/mol. The van der Waals surface area contributed by atoms with Crippen LogP contribution in [0.2, 0.25) is 0 Å². The summed E-state index contributed by atoms with van der Waals surface area (Å²) in [5, 5.41) is 0. The van der Waals surface area contributed by atoms with Crippen LogP contribution in [-0.4, -0.2) is 0 Å². The van der Waals surface area contributed by atoms with Gasteiger partial charge in [-0.3, -0.25) is 0 Å². The molecule has 0 aromatic heterocycles. The summed E-state index contributed by atoms with van der Waals surface area (Å²) in [6, 6.07) is 0. The lowest BCUT2D eigenvalue weighted by Gasteiger charge is -1.91. The molecule has 0 unspecified atom stereocenters. The zero-order valence-corrected chi connectivity index (χ0v) is 13.4. The minimum atomic E-state index is 0. The van der Waals surface area contributed by atoms with Crippen molar-refractivity contribution in [2.24, 2.45) is 0 Å². The molecule has 0 saturated heterocycles. The minimum Gasteiger partial charge on any atom is -0.0925 e. The predicted molar refractivity (Wildman–Crippen MR) is 97.2 cm³/mol. The maximum atomic E-state index is 3.71. The molecule has 0 aliphatic rings. The fraction of sp³-hybridized carbons (Fsp3) is 0.333. The van der Waals surface area contributed by atoms with Crippen molar-refractivity contribution in [1.82, 2.24) is 0 Å². The van der Waals surface area contributed by atoms with Crippen LogP contribution in [0, 0.1) is 47.4 Å². The van der Waals surface area contributed by atoms with Gasteiger partial charge in [-0.2, -0.15) is 0 Å². The van der Waals surface area contributed by atoms with Crippen molar-refractivity contribution in [3.63, 3.8) is 0 Å². The van der Waals surface area contributed by atoms with E-state index < -0.39 is 0 Å². The van der Waals surface area contributed by atoms with Crippen molar-refractivity contribution in [1.29, 1.82) is 0 Å². The zero-order chi connectivity index (χ0) is 16.0. The van der Waals surface area contributed by atoms with E-state index in [1.807, 2.05) is 27.7 Å².